The van der Waals surface area contributed by atoms with Crippen molar-refractivity contribution < 1.29 is 0 Å². The topological polar surface area (TPSA) is 61.3 Å². The highest BCUT2D eigenvalue weighted by atomic mass is 16.2. The van der Waals surface area contributed by atoms with Crippen LogP contribution in [0.4, 0.5) is 0 Å². The molecular formula is C28H30N4O2. The predicted molar refractivity (Wildman–Crippen MR) is 136 cm³/mol. The molecule has 6 nitrogen and oxygen atoms in total. The van der Waals surface area contributed by atoms with E-state index in [4.69, 9.17) is 0 Å². The number of aryl methyl sites for hydroxylation is 1. The summed E-state index contributed by atoms with van der Waals surface area (Å²) in [5.74, 6) is 0. The minimum Gasteiger partial charge on any atom is -0.301 e. The summed E-state index contributed by atoms with van der Waals surface area (Å²) in [6, 6.07) is 29.0. The van der Waals surface area contributed by atoms with Gasteiger partial charge in [0.2, 0.25) is 0 Å². The Hall–Kier alpha value is -3.48. The van der Waals surface area contributed by atoms with Crippen LogP contribution < -0.4 is 11.2 Å². The maximum absolute atomic E-state index is 12.4. The molecule has 2 heterocycles. The van der Waals surface area contributed by atoms with Crippen molar-refractivity contribution in [2.24, 2.45) is 0 Å². The highest BCUT2D eigenvalue weighted by Crippen LogP contribution is 2.29. The monoisotopic (exact) mass is 454 g/mol. The summed E-state index contributed by atoms with van der Waals surface area (Å²) in [4.78, 5) is 32.0. The SMILES string of the molecule is O=c1[nH]c(=O)n(CCCN2CCN(C(c3ccccc3)c3ccccc3)CC2)c2ccccc12. The van der Waals surface area contributed by atoms with Gasteiger partial charge in [0.15, 0.2) is 0 Å². The van der Waals surface area contributed by atoms with Crippen molar-refractivity contribution in [3.63, 3.8) is 0 Å². The number of para-hydroxylation sites is 1. The first-order valence-electron chi connectivity index (χ1n) is 12.0. The molecule has 5 rings (SSSR count). The van der Waals surface area contributed by atoms with E-state index in [1.165, 1.54) is 11.1 Å². The van der Waals surface area contributed by atoms with Gasteiger partial charge in [0.05, 0.1) is 16.9 Å². The first-order valence-corrected chi connectivity index (χ1v) is 12.0. The zero-order valence-electron chi connectivity index (χ0n) is 19.3. The second-order valence-electron chi connectivity index (χ2n) is 8.88. The Morgan fingerprint density at radius 3 is 1.94 bits per heavy atom. The van der Waals surface area contributed by atoms with Gasteiger partial charge in [-0.3, -0.25) is 19.2 Å². The number of piperazine rings is 1. The Balaban J connectivity index is 1.23. The largest absolute Gasteiger partial charge is 0.328 e. The van der Waals surface area contributed by atoms with Gasteiger partial charge in [0, 0.05) is 32.7 Å². The molecule has 0 unspecified atom stereocenters. The molecule has 0 aliphatic carbocycles. The summed E-state index contributed by atoms with van der Waals surface area (Å²) in [7, 11) is 0. The summed E-state index contributed by atoms with van der Waals surface area (Å²) in [5.41, 5.74) is 2.70. The fraction of sp³-hybridized carbons (Fsp3) is 0.286. The average Bonchev–Trinajstić information content (AvgIpc) is 2.88. The van der Waals surface area contributed by atoms with Crippen LogP contribution in [0.25, 0.3) is 10.9 Å². The van der Waals surface area contributed by atoms with Crippen LogP contribution in [0.3, 0.4) is 0 Å². The number of fused-ring (bicyclic) bond motifs is 1. The van der Waals surface area contributed by atoms with E-state index in [1.807, 2.05) is 18.2 Å². The molecule has 1 aromatic heterocycles. The highest BCUT2D eigenvalue weighted by Gasteiger charge is 2.26. The lowest BCUT2D eigenvalue weighted by Gasteiger charge is -2.40. The Kier molecular flexibility index (Phi) is 6.70. The van der Waals surface area contributed by atoms with E-state index >= 15 is 0 Å². The number of hydrogen-bond acceptors (Lipinski definition) is 4. The number of nitrogens with zero attached hydrogens (tertiary/aromatic N) is 3. The summed E-state index contributed by atoms with van der Waals surface area (Å²) < 4.78 is 1.69. The quantitative estimate of drug-likeness (QED) is 0.464. The van der Waals surface area contributed by atoms with Gasteiger partial charge in [-0.25, -0.2) is 4.79 Å². The second-order valence-corrected chi connectivity index (χ2v) is 8.88. The van der Waals surface area contributed by atoms with Crippen molar-refractivity contribution in [1.29, 1.82) is 0 Å². The second kappa shape index (κ2) is 10.2. The molecule has 0 bridgehead atoms. The third-order valence-corrected chi connectivity index (χ3v) is 6.76. The lowest BCUT2D eigenvalue weighted by Crippen LogP contribution is -2.48. The van der Waals surface area contributed by atoms with E-state index in [0.717, 1.165) is 39.1 Å². The van der Waals surface area contributed by atoms with E-state index < -0.39 is 0 Å². The van der Waals surface area contributed by atoms with Gasteiger partial charge in [-0.15, -0.1) is 0 Å². The van der Waals surface area contributed by atoms with E-state index in [-0.39, 0.29) is 17.3 Å². The van der Waals surface area contributed by atoms with Crippen molar-refractivity contribution in [3.8, 4) is 0 Å². The molecule has 3 aromatic carbocycles. The third kappa shape index (κ3) is 4.74. The highest BCUT2D eigenvalue weighted by molar-refractivity contribution is 5.77. The van der Waals surface area contributed by atoms with Crippen molar-refractivity contribution in [1.82, 2.24) is 19.4 Å². The molecule has 0 atom stereocenters. The molecule has 174 valence electrons. The zero-order chi connectivity index (χ0) is 23.3. The van der Waals surface area contributed by atoms with Gasteiger partial charge >= 0.3 is 5.69 Å². The van der Waals surface area contributed by atoms with Gasteiger partial charge in [-0.05, 0) is 36.2 Å². The van der Waals surface area contributed by atoms with Crippen molar-refractivity contribution >= 4 is 10.9 Å². The minimum absolute atomic E-state index is 0.260. The van der Waals surface area contributed by atoms with Gasteiger partial charge in [0.25, 0.3) is 5.56 Å². The molecule has 0 saturated carbocycles. The minimum atomic E-state index is -0.331. The molecule has 0 spiro atoms. The van der Waals surface area contributed by atoms with Crippen LogP contribution in [0.5, 0.6) is 0 Å². The molecule has 4 aromatic rings. The van der Waals surface area contributed by atoms with Crippen LogP contribution in [-0.2, 0) is 6.54 Å². The molecule has 6 heteroatoms. The normalized spacial score (nSPS) is 15.2. The molecular weight excluding hydrogens is 424 g/mol. The summed E-state index contributed by atoms with van der Waals surface area (Å²) in [6.07, 6.45) is 0.858. The molecule has 1 saturated heterocycles. The van der Waals surface area contributed by atoms with Crippen molar-refractivity contribution in [2.75, 3.05) is 32.7 Å². The standard InChI is InChI=1S/C28H30N4O2/c33-27-24-14-7-8-15-25(24)32(28(34)29-27)17-9-16-30-18-20-31(21-19-30)26(22-10-3-1-4-11-22)23-12-5-2-6-13-23/h1-8,10-15,26H,9,16-21H2,(H,29,33,34). The van der Waals surface area contributed by atoms with Gasteiger partial charge < -0.3 is 4.90 Å². The van der Waals surface area contributed by atoms with Crippen LogP contribution in [0.2, 0.25) is 0 Å². The van der Waals surface area contributed by atoms with Crippen LogP contribution >= 0.6 is 0 Å². The molecule has 1 fully saturated rings. The number of aromatic nitrogens is 2. The number of nitrogens with one attached hydrogen (secondary N) is 1. The van der Waals surface area contributed by atoms with E-state index in [2.05, 4.69) is 75.4 Å². The molecule has 1 N–H and O–H groups in total. The Morgan fingerprint density at radius 1 is 0.706 bits per heavy atom. The third-order valence-electron chi connectivity index (χ3n) is 6.76. The van der Waals surface area contributed by atoms with Crippen LogP contribution in [0.15, 0.2) is 94.5 Å². The summed E-state index contributed by atoms with van der Waals surface area (Å²) >= 11 is 0. The molecule has 1 aliphatic heterocycles. The maximum atomic E-state index is 12.4. The van der Waals surface area contributed by atoms with E-state index in [9.17, 15) is 9.59 Å². The van der Waals surface area contributed by atoms with Gasteiger partial charge in [-0.1, -0.05) is 72.8 Å². The smallest absolute Gasteiger partial charge is 0.301 e. The molecule has 34 heavy (non-hydrogen) atoms. The fourth-order valence-electron chi connectivity index (χ4n) is 5.05. The zero-order valence-corrected chi connectivity index (χ0v) is 19.3. The lowest BCUT2D eigenvalue weighted by molar-refractivity contribution is 0.108. The van der Waals surface area contributed by atoms with Gasteiger partial charge in [-0.2, -0.15) is 0 Å². The number of rotatable bonds is 7. The maximum Gasteiger partial charge on any atom is 0.328 e. The number of aromatic amines is 1. The van der Waals surface area contributed by atoms with Crippen molar-refractivity contribution in [2.45, 2.75) is 19.0 Å². The van der Waals surface area contributed by atoms with E-state index in [0.29, 0.717) is 17.4 Å². The molecule has 1 aliphatic rings. The summed E-state index contributed by atoms with van der Waals surface area (Å²) in [5, 5.41) is 0.559. The predicted octanol–water partition coefficient (Wildman–Crippen LogP) is 3.49. The van der Waals surface area contributed by atoms with Crippen molar-refractivity contribution in [3.05, 3.63) is 117 Å². The van der Waals surface area contributed by atoms with Gasteiger partial charge in [0.1, 0.15) is 0 Å². The van der Waals surface area contributed by atoms with Crippen LogP contribution in [0, 0.1) is 0 Å². The van der Waals surface area contributed by atoms with Crippen LogP contribution in [-0.4, -0.2) is 52.1 Å². The Labute approximate surface area is 199 Å². The Bertz CT molecular complexity index is 1300. The van der Waals surface area contributed by atoms with E-state index in [1.54, 1.807) is 10.6 Å². The number of H-pyrrole nitrogens is 1. The number of hydrogen-bond donors (Lipinski definition) is 1. The fourth-order valence-corrected chi connectivity index (χ4v) is 5.05. The molecule has 0 radical (unpaired) electrons. The van der Waals surface area contributed by atoms with Crippen LogP contribution in [0.1, 0.15) is 23.6 Å². The first-order chi connectivity index (χ1) is 16.7. The molecule has 0 amide bonds. The summed E-state index contributed by atoms with van der Waals surface area (Å²) in [6.45, 7) is 5.50. The first kappa shape index (κ1) is 22.3. The lowest BCUT2D eigenvalue weighted by atomic mass is 9.96. The Morgan fingerprint density at radius 2 is 1.29 bits per heavy atom. The number of benzene rings is 3. The average molecular weight is 455 g/mol.